The van der Waals surface area contributed by atoms with Gasteiger partial charge in [0, 0.05) is 44.7 Å². The Morgan fingerprint density at radius 3 is 2.36 bits per heavy atom. The zero-order valence-electron chi connectivity index (χ0n) is 16.0. The molecule has 3 heterocycles. The zero-order chi connectivity index (χ0) is 18.0. The molecule has 1 aromatic rings. The highest BCUT2D eigenvalue weighted by Crippen LogP contribution is 2.28. The van der Waals surface area contributed by atoms with Crippen LogP contribution in [0.1, 0.15) is 45.0 Å². The van der Waals surface area contributed by atoms with Gasteiger partial charge in [-0.1, -0.05) is 18.5 Å². The number of hydrogen-bond acceptors (Lipinski definition) is 5. The van der Waals surface area contributed by atoms with Crippen LogP contribution in [0, 0.1) is 12.8 Å². The van der Waals surface area contributed by atoms with Crippen LogP contribution >= 0.6 is 11.6 Å². The quantitative estimate of drug-likeness (QED) is 0.764. The molecule has 0 bridgehead atoms. The first kappa shape index (κ1) is 18.9. The van der Waals surface area contributed by atoms with Crippen molar-refractivity contribution in [1.82, 2.24) is 14.9 Å². The minimum Gasteiger partial charge on any atom is -0.373 e. The van der Waals surface area contributed by atoms with Crippen LogP contribution in [-0.4, -0.2) is 59.8 Å². The van der Waals surface area contributed by atoms with E-state index in [1.807, 2.05) is 6.92 Å². The van der Waals surface area contributed by atoms with E-state index in [0.29, 0.717) is 17.4 Å². The monoisotopic (exact) mass is 366 g/mol. The van der Waals surface area contributed by atoms with Crippen molar-refractivity contribution < 1.29 is 4.74 Å². The second-order valence-corrected chi connectivity index (χ2v) is 8.00. The molecule has 2 aliphatic heterocycles. The Labute approximate surface area is 156 Å². The van der Waals surface area contributed by atoms with Crippen molar-refractivity contribution in [3.8, 4) is 0 Å². The molecule has 0 spiro atoms. The van der Waals surface area contributed by atoms with Gasteiger partial charge in [0.25, 0.3) is 0 Å². The second kappa shape index (κ2) is 8.19. The lowest BCUT2D eigenvalue weighted by molar-refractivity contribution is -0.0720. The molecule has 2 unspecified atom stereocenters. The summed E-state index contributed by atoms with van der Waals surface area (Å²) >= 11 is 6.31. The Bertz CT molecular complexity index is 579. The van der Waals surface area contributed by atoms with Gasteiger partial charge in [0.2, 0.25) is 0 Å². The maximum atomic E-state index is 6.31. The number of aryl methyl sites for hydroxylation is 1. The van der Waals surface area contributed by atoms with Gasteiger partial charge in [-0.15, -0.1) is 0 Å². The van der Waals surface area contributed by atoms with Gasteiger partial charge in [-0.3, -0.25) is 4.90 Å². The van der Waals surface area contributed by atoms with E-state index in [4.69, 9.17) is 21.3 Å². The van der Waals surface area contributed by atoms with Gasteiger partial charge in [-0.05, 0) is 39.5 Å². The fourth-order valence-electron chi connectivity index (χ4n) is 4.11. The van der Waals surface area contributed by atoms with E-state index in [-0.39, 0.29) is 0 Å². The van der Waals surface area contributed by atoms with Crippen molar-refractivity contribution in [2.45, 2.75) is 59.2 Å². The standard InChI is InChI=1S/C19H31ClN4O/c1-5-17-21-18(20)15(4)19(22-17)24-8-6-16(7-9-24)12-23-10-13(2)25-14(3)11-23/h13-14,16H,5-12H2,1-4H3. The van der Waals surface area contributed by atoms with E-state index < -0.39 is 0 Å². The summed E-state index contributed by atoms with van der Waals surface area (Å²) in [5.74, 6) is 2.63. The van der Waals surface area contributed by atoms with Crippen molar-refractivity contribution in [2.75, 3.05) is 37.6 Å². The maximum Gasteiger partial charge on any atom is 0.137 e. The average Bonchev–Trinajstić information content (AvgIpc) is 2.57. The van der Waals surface area contributed by atoms with Crippen molar-refractivity contribution in [3.63, 3.8) is 0 Å². The number of halogens is 1. The summed E-state index contributed by atoms with van der Waals surface area (Å²) in [6.07, 6.45) is 3.94. The highest BCUT2D eigenvalue weighted by molar-refractivity contribution is 6.30. The van der Waals surface area contributed by atoms with Crippen LogP contribution in [0.4, 0.5) is 5.82 Å². The number of aromatic nitrogens is 2. The maximum absolute atomic E-state index is 6.31. The van der Waals surface area contributed by atoms with E-state index in [0.717, 1.165) is 55.7 Å². The molecule has 2 atom stereocenters. The molecule has 5 nitrogen and oxygen atoms in total. The molecule has 2 fully saturated rings. The highest BCUT2D eigenvalue weighted by atomic mass is 35.5. The molecule has 0 aliphatic carbocycles. The van der Waals surface area contributed by atoms with E-state index in [1.165, 1.54) is 19.4 Å². The molecule has 0 radical (unpaired) electrons. The van der Waals surface area contributed by atoms with Gasteiger partial charge in [0.1, 0.15) is 16.8 Å². The topological polar surface area (TPSA) is 41.5 Å². The zero-order valence-corrected chi connectivity index (χ0v) is 16.7. The number of morpholine rings is 1. The van der Waals surface area contributed by atoms with E-state index >= 15 is 0 Å². The number of nitrogens with zero attached hydrogens (tertiary/aromatic N) is 4. The van der Waals surface area contributed by atoms with Gasteiger partial charge >= 0.3 is 0 Å². The predicted octanol–water partition coefficient (Wildman–Crippen LogP) is 3.33. The number of anilines is 1. The lowest BCUT2D eigenvalue weighted by atomic mass is 9.95. The number of piperidine rings is 1. The molecule has 6 heteroatoms. The molecule has 25 heavy (non-hydrogen) atoms. The minimum atomic E-state index is 0.349. The van der Waals surface area contributed by atoms with Crippen LogP contribution in [-0.2, 0) is 11.2 Å². The van der Waals surface area contributed by atoms with Crippen LogP contribution in [0.15, 0.2) is 0 Å². The fraction of sp³-hybridized carbons (Fsp3) is 0.789. The lowest BCUT2D eigenvalue weighted by Gasteiger charge is -2.40. The molecule has 140 valence electrons. The van der Waals surface area contributed by atoms with Gasteiger partial charge < -0.3 is 9.64 Å². The van der Waals surface area contributed by atoms with Crippen LogP contribution in [0.5, 0.6) is 0 Å². The highest BCUT2D eigenvalue weighted by Gasteiger charge is 2.27. The average molecular weight is 367 g/mol. The van der Waals surface area contributed by atoms with Crippen molar-refractivity contribution >= 4 is 17.4 Å². The first-order valence-electron chi connectivity index (χ1n) is 9.62. The van der Waals surface area contributed by atoms with Gasteiger partial charge in [0.05, 0.1) is 12.2 Å². The third-order valence-electron chi connectivity index (χ3n) is 5.35. The Morgan fingerprint density at radius 1 is 1.12 bits per heavy atom. The Balaban J connectivity index is 1.58. The molecule has 2 saturated heterocycles. The number of ether oxygens (including phenoxy) is 1. The van der Waals surface area contributed by atoms with Crippen LogP contribution in [0.2, 0.25) is 5.15 Å². The fourth-order valence-corrected chi connectivity index (χ4v) is 4.29. The predicted molar refractivity (Wildman–Crippen MR) is 103 cm³/mol. The van der Waals surface area contributed by atoms with Crippen molar-refractivity contribution in [1.29, 1.82) is 0 Å². The first-order chi connectivity index (χ1) is 12.0. The van der Waals surface area contributed by atoms with Crippen molar-refractivity contribution in [2.24, 2.45) is 5.92 Å². The van der Waals surface area contributed by atoms with Crippen molar-refractivity contribution in [3.05, 3.63) is 16.5 Å². The summed E-state index contributed by atoms with van der Waals surface area (Å²) < 4.78 is 5.85. The summed E-state index contributed by atoms with van der Waals surface area (Å²) in [5.41, 5.74) is 1.01. The Hall–Kier alpha value is -0.910. The molecule has 3 rings (SSSR count). The lowest BCUT2D eigenvalue weighted by Crippen LogP contribution is -2.48. The van der Waals surface area contributed by atoms with E-state index in [1.54, 1.807) is 0 Å². The Kier molecular flexibility index (Phi) is 6.18. The summed E-state index contributed by atoms with van der Waals surface area (Å²) in [5, 5.41) is 0.597. The molecule has 0 aromatic carbocycles. The second-order valence-electron chi connectivity index (χ2n) is 7.64. The van der Waals surface area contributed by atoms with Gasteiger partial charge in [-0.2, -0.15) is 0 Å². The van der Waals surface area contributed by atoms with E-state index in [9.17, 15) is 0 Å². The Morgan fingerprint density at radius 2 is 1.76 bits per heavy atom. The molecule has 0 N–H and O–H groups in total. The molecule has 0 saturated carbocycles. The third-order valence-corrected chi connectivity index (χ3v) is 5.72. The van der Waals surface area contributed by atoms with Gasteiger partial charge in [-0.25, -0.2) is 9.97 Å². The third kappa shape index (κ3) is 4.63. The summed E-state index contributed by atoms with van der Waals surface area (Å²) in [6.45, 7) is 13.9. The largest absolute Gasteiger partial charge is 0.373 e. The molecular formula is C19H31ClN4O. The van der Waals surface area contributed by atoms with Crippen LogP contribution < -0.4 is 4.90 Å². The first-order valence-corrected chi connectivity index (χ1v) is 9.99. The van der Waals surface area contributed by atoms with Crippen LogP contribution in [0.25, 0.3) is 0 Å². The summed E-state index contributed by atoms with van der Waals surface area (Å²) in [6, 6.07) is 0. The smallest absolute Gasteiger partial charge is 0.137 e. The van der Waals surface area contributed by atoms with Gasteiger partial charge in [0.15, 0.2) is 0 Å². The summed E-state index contributed by atoms with van der Waals surface area (Å²) in [4.78, 5) is 14.1. The normalized spacial score (nSPS) is 26.2. The molecular weight excluding hydrogens is 336 g/mol. The SMILES string of the molecule is CCc1nc(Cl)c(C)c(N2CCC(CN3CC(C)OC(C)C3)CC2)n1. The summed E-state index contributed by atoms with van der Waals surface area (Å²) in [7, 11) is 0. The molecule has 2 aliphatic rings. The van der Waals surface area contributed by atoms with Crippen LogP contribution in [0.3, 0.4) is 0 Å². The number of hydrogen-bond donors (Lipinski definition) is 0. The minimum absolute atomic E-state index is 0.349. The van der Waals surface area contributed by atoms with E-state index in [2.05, 4.69) is 35.6 Å². The number of rotatable bonds is 4. The molecule has 0 amide bonds. The molecule has 1 aromatic heterocycles.